The highest BCUT2D eigenvalue weighted by Gasteiger charge is 2.08. The van der Waals surface area contributed by atoms with Crippen molar-refractivity contribution in [1.82, 2.24) is 14.8 Å². The number of rotatable bonds is 8. The maximum absolute atomic E-state index is 5.62. The zero-order valence-electron chi connectivity index (χ0n) is 13.2. The lowest BCUT2D eigenvalue weighted by Crippen LogP contribution is -1.99. The first-order valence-corrected chi connectivity index (χ1v) is 7.94. The van der Waals surface area contributed by atoms with Crippen LogP contribution in [0.15, 0.2) is 24.3 Å². The van der Waals surface area contributed by atoms with Crippen molar-refractivity contribution in [2.24, 2.45) is 12.8 Å². The fraction of sp³-hybridized carbons (Fsp3) is 0.529. The highest BCUT2D eigenvalue weighted by atomic mass is 15.3. The van der Waals surface area contributed by atoms with E-state index in [1.54, 1.807) is 0 Å². The normalized spacial score (nSPS) is 11.0. The van der Waals surface area contributed by atoms with Gasteiger partial charge < -0.3 is 5.73 Å². The number of nitrogens with zero attached hydrogens (tertiary/aromatic N) is 3. The summed E-state index contributed by atoms with van der Waals surface area (Å²) in [5.74, 6) is 1.88. The Morgan fingerprint density at radius 2 is 1.76 bits per heavy atom. The van der Waals surface area contributed by atoms with E-state index in [9.17, 15) is 0 Å². The van der Waals surface area contributed by atoms with Gasteiger partial charge in [-0.3, -0.25) is 4.68 Å². The molecule has 0 aliphatic heterocycles. The zero-order valence-corrected chi connectivity index (χ0v) is 13.2. The summed E-state index contributed by atoms with van der Waals surface area (Å²) in [6.07, 6.45) is 7.42. The summed E-state index contributed by atoms with van der Waals surface area (Å²) in [6, 6.07) is 8.16. The minimum Gasteiger partial charge on any atom is -0.326 e. The molecule has 0 saturated heterocycles. The monoisotopic (exact) mass is 286 g/mol. The Morgan fingerprint density at radius 3 is 2.43 bits per heavy atom. The van der Waals surface area contributed by atoms with Crippen LogP contribution in [0.5, 0.6) is 0 Å². The van der Waals surface area contributed by atoms with E-state index in [1.165, 1.54) is 32.1 Å². The molecule has 2 rings (SSSR count). The molecule has 2 N–H and O–H groups in total. The third-order valence-electron chi connectivity index (χ3n) is 3.80. The van der Waals surface area contributed by atoms with Gasteiger partial charge in [0.05, 0.1) is 0 Å². The molecule has 0 amide bonds. The van der Waals surface area contributed by atoms with Crippen molar-refractivity contribution in [2.75, 3.05) is 0 Å². The first kappa shape index (κ1) is 15.7. The van der Waals surface area contributed by atoms with Crippen molar-refractivity contribution in [3.8, 4) is 11.4 Å². The van der Waals surface area contributed by atoms with Gasteiger partial charge in [-0.15, -0.1) is 0 Å². The Bertz CT molecular complexity index is 542. The van der Waals surface area contributed by atoms with Gasteiger partial charge in [0.1, 0.15) is 5.82 Å². The summed E-state index contributed by atoms with van der Waals surface area (Å²) in [7, 11) is 1.98. The van der Waals surface area contributed by atoms with Crippen LogP contribution < -0.4 is 5.73 Å². The molecule has 0 aliphatic carbocycles. The SMILES string of the molecule is CCCCCCCc1nc(-c2ccc(CN)cc2)nn1C. The fourth-order valence-corrected chi connectivity index (χ4v) is 2.43. The average Bonchev–Trinajstić information content (AvgIpc) is 2.88. The second-order valence-electron chi connectivity index (χ2n) is 5.54. The van der Waals surface area contributed by atoms with E-state index in [0.29, 0.717) is 6.54 Å². The second-order valence-corrected chi connectivity index (χ2v) is 5.54. The van der Waals surface area contributed by atoms with Gasteiger partial charge in [-0.1, -0.05) is 56.9 Å². The largest absolute Gasteiger partial charge is 0.326 e. The molecule has 0 saturated carbocycles. The third kappa shape index (κ3) is 4.39. The first-order chi connectivity index (χ1) is 10.2. The number of unbranched alkanes of at least 4 members (excludes halogenated alkanes) is 4. The van der Waals surface area contributed by atoms with Gasteiger partial charge >= 0.3 is 0 Å². The Labute approximate surface area is 127 Å². The fourth-order valence-electron chi connectivity index (χ4n) is 2.43. The summed E-state index contributed by atoms with van der Waals surface area (Å²) < 4.78 is 1.91. The second kappa shape index (κ2) is 7.93. The van der Waals surface area contributed by atoms with E-state index < -0.39 is 0 Å². The molecule has 2 aromatic rings. The van der Waals surface area contributed by atoms with Crippen molar-refractivity contribution in [3.05, 3.63) is 35.7 Å². The topological polar surface area (TPSA) is 56.7 Å². The van der Waals surface area contributed by atoms with Crippen molar-refractivity contribution >= 4 is 0 Å². The van der Waals surface area contributed by atoms with Crippen LogP contribution in [-0.4, -0.2) is 14.8 Å². The van der Waals surface area contributed by atoms with E-state index >= 15 is 0 Å². The molecule has 21 heavy (non-hydrogen) atoms. The minimum absolute atomic E-state index is 0.568. The number of aryl methyl sites for hydroxylation is 2. The Balaban J connectivity index is 1.97. The molecular formula is C17H26N4. The van der Waals surface area contributed by atoms with Crippen molar-refractivity contribution in [1.29, 1.82) is 0 Å². The molecule has 0 bridgehead atoms. The molecule has 0 radical (unpaired) electrons. The van der Waals surface area contributed by atoms with Gasteiger partial charge in [0.25, 0.3) is 0 Å². The van der Waals surface area contributed by atoms with Crippen LogP contribution in [-0.2, 0) is 20.0 Å². The molecule has 1 heterocycles. The maximum Gasteiger partial charge on any atom is 0.181 e. The molecule has 0 atom stereocenters. The van der Waals surface area contributed by atoms with Crippen molar-refractivity contribution < 1.29 is 0 Å². The molecule has 114 valence electrons. The van der Waals surface area contributed by atoms with E-state index in [4.69, 9.17) is 5.73 Å². The quantitative estimate of drug-likeness (QED) is 0.756. The van der Waals surface area contributed by atoms with Crippen molar-refractivity contribution in [2.45, 2.75) is 52.0 Å². The van der Waals surface area contributed by atoms with Gasteiger partial charge in [0, 0.05) is 25.6 Å². The lowest BCUT2D eigenvalue weighted by molar-refractivity contribution is 0.603. The predicted molar refractivity (Wildman–Crippen MR) is 86.8 cm³/mol. The number of hydrogen-bond donors (Lipinski definition) is 1. The van der Waals surface area contributed by atoms with Crippen LogP contribution in [0, 0.1) is 0 Å². The molecule has 0 unspecified atom stereocenters. The molecule has 1 aromatic carbocycles. The molecule has 0 spiro atoms. The van der Waals surface area contributed by atoms with Gasteiger partial charge in [0.15, 0.2) is 5.82 Å². The first-order valence-electron chi connectivity index (χ1n) is 7.94. The van der Waals surface area contributed by atoms with Gasteiger partial charge in [0.2, 0.25) is 0 Å². The highest BCUT2D eigenvalue weighted by Crippen LogP contribution is 2.17. The summed E-state index contributed by atoms with van der Waals surface area (Å²) in [5.41, 5.74) is 7.81. The summed E-state index contributed by atoms with van der Waals surface area (Å²) in [5, 5.41) is 4.53. The lowest BCUT2D eigenvalue weighted by atomic mass is 10.1. The maximum atomic E-state index is 5.62. The Morgan fingerprint density at radius 1 is 1.05 bits per heavy atom. The average molecular weight is 286 g/mol. The van der Waals surface area contributed by atoms with Gasteiger partial charge in [-0.2, -0.15) is 5.10 Å². The molecule has 4 heteroatoms. The number of aromatic nitrogens is 3. The molecule has 0 fully saturated rings. The summed E-state index contributed by atoms with van der Waals surface area (Å²) in [6.45, 7) is 2.81. The number of nitrogens with two attached hydrogens (primary N) is 1. The third-order valence-corrected chi connectivity index (χ3v) is 3.80. The van der Waals surface area contributed by atoms with Crippen LogP contribution in [0.25, 0.3) is 11.4 Å². The van der Waals surface area contributed by atoms with Crippen LogP contribution in [0.4, 0.5) is 0 Å². The van der Waals surface area contributed by atoms with Crippen LogP contribution in [0.1, 0.15) is 50.4 Å². The van der Waals surface area contributed by atoms with E-state index in [1.807, 2.05) is 36.0 Å². The van der Waals surface area contributed by atoms with E-state index in [2.05, 4.69) is 17.0 Å². The van der Waals surface area contributed by atoms with Gasteiger partial charge in [-0.25, -0.2) is 4.98 Å². The van der Waals surface area contributed by atoms with E-state index in [0.717, 1.165) is 29.2 Å². The number of hydrogen-bond acceptors (Lipinski definition) is 3. The van der Waals surface area contributed by atoms with Crippen LogP contribution >= 0.6 is 0 Å². The van der Waals surface area contributed by atoms with Crippen molar-refractivity contribution in [3.63, 3.8) is 0 Å². The molecule has 0 aliphatic rings. The van der Waals surface area contributed by atoms with Crippen LogP contribution in [0.3, 0.4) is 0 Å². The minimum atomic E-state index is 0.568. The highest BCUT2D eigenvalue weighted by molar-refractivity contribution is 5.55. The Hall–Kier alpha value is -1.68. The van der Waals surface area contributed by atoms with Gasteiger partial charge in [-0.05, 0) is 12.0 Å². The smallest absolute Gasteiger partial charge is 0.181 e. The molecule has 1 aromatic heterocycles. The predicted octanol–water partition coefficient (Wildman–Crippen LogP) is 3.45. The van der Waals surface area contributed by atoms with Crippen LogP contribution in [0.2, 0.25) is 0 Å². The standard InChI is InChI=1S/C17H26N4/c1-3-4-5-6-7-8-16-19-17(20-21(16)2)15-11-9-14(13-18)10-12-15/h9-12H,3-8,13,18H2,1-2H3. The Kier molecular flexibility index (Phi) is 5.93. The zero-order chi connectivity index (χ0) is 15.1. The lowest BCUT2D eigenvalue weighted by Gasteiger charge is -1.99. The number of benzene rings is 1. The van der Waals surface area contributed by atoms with E-state index in [-0.39, 0.29) is 0 Å². The summed E-state index contributed by atoms with van der Waals surface area (Å²) in [4.78, 5) is 4.67. The molecule has 4 nitrogen and oxygen atoms in total. The molecular weight excluding hydrogens is 260 g/mol. The summed E-state index contributed by atoms with van der Waals surface area (Å²) >= 11 is 0.